The minimum absolute atomic E-state index is 0.0102. The first-order valence-electron chi connectivity index (χ1n) is 44.5. The van der Waals surface area contributed by atoms with Gasteiger partial charge in [0.05, 0.1) is 12.4 Å². The maximum absolute atomic E-state index is 13.5. The molecule has 3 saturated heterocycles. The lowest BCUT2D eigenvalue weighted by Crippen LogP contribution is -2.40. The molecule has 137 heavy (non-hydrogen) atoms. The zero-order valence-electron chi connectivity index (χ0n) is 74.7. The van der Waals surface area contributed by atoms with Gasteiger partial charge in [-0.25, -0.2) is 83.8 Å². The van der Waals surface area contributed by atoms with Crippen LogP contribution in [0.4, 0.5) is 35.1 Å². The molecule has 0 aliphatic carbocycles. The van der Waals surface area contributed by atoms with Gasteiger partial charge >= 0.3 is 0 Å². The van der Waals surface area contributed by atoms with Crippen LogP contribution in [0, 0.1) is 60.4 Å². The van der Waals surface area contributed by atoms with Gasteiger partial charge in [-0.2, -0.15) is 0 Å². The van der Waals surface area contributed by atoms with Gasteiger partial charge in [0, 0.05) is 126 Å². The summed E-state index contributed by atoms with van der Waals surface area (Å²) in [7, 11) is 0. The van der Waals surface area contributed by atoms with Crippen LogP contribution in [0.5, 0.6) is 0 Å². The number of piperidine rings is 3. The van der Waals surface area contributed by atoms with E-state index >= 15 is 0 Å². The van der Waals surface area contributed by atoms with Crippen molar-refractivity contribution in [3.63, 3.8) is 0 Å². The smallest absolute Gasteiger partial charge is 0.244 e. The maximum Gasteiger partial charge on any atom is 0.244 e. The molecule has 0 spiro atoms. The van der Waals surface area contributed by atoms with Gasteiger partial charge in [0.2, 0.25) is 53.6 Å². The average Bonchev–Trinajstić information content (AvgIpc) is 1.67. The van der Waals surface area contributed by atoms with Crippen LogP contribution < -0.4 is 0 Å². The minimum Gasteiger partial charge on any atom is -0.446 e. The Kier molecular flexibility index (Phi) is 28.6. The first-order chi connectivity index (χ1) is 66.3. The molecule has 16 aromatic rings. The van der Waals surface area contributed by atoms with Crippen molar-refractivity contribution in [3.05, 3.63) is 306 Å². The first kappa shape index (κ1) is 92.9. The fraction of sp³-hybridized carbons (Fsp3) is 0.273. The van der Waals surface area contributed by atoms with Crippen molar-refractivity contribution in [1.82, 2.24) is 109 Å². The van der Waals surface area contributed by atoms with Crippen molar-refractivity contribution in [2.24, 2.45) is 0 Å². The van der Waals surface area contributed by atoms with Crippen LogP contribution in [0.25, 0.3) is 96.7 Å². The normalized spacial score (nSPS) is 14.3. The number of aryl methyl sites for hydroxylation is 2. The van der Waals surface area contributed by atoms with Crippen molar-refractivity contribution in [1.29, 1.82) is 0 Å². The van der Waals surface area contributed by atoms with E-state index in [1.165, 1.54) is 122 Å². The summed E-state index contributed by atoms with van der Waals surface area (Å²) < 4.78 is 136. The molecule has 3 fully saturated rings. The molecule has 0 bridgehead atoms. The molecule has 0 unspecified atom stereocenters. The Morgan fingerprint density at radius 1 is 0.343 bits per heavy atom. The monoisotopic (exact) mass is 1870 g/mol. The number of hydrogen-bond donors (Lipinski definition) is 0. The number of carbonyl (C=O) groups is 4. The Labute approximate surface area is 778 Å². The molecule has 0 radical (unpaired) electrons. The zero-order chi connectivity index (χ0) is 95.3. The van der Waals surface area contributed by atoms with Crippen molar-refractivity contribution >= 4 is 29.2 Å². The number of amides is 4. The molecule has 20 rings (SSSR count). The molecule has 30 nitrogen and oxygen atoms in total. The highest BCUT2D eigenvalue weighted by Gasteiger charge is 2.34. The zero-order valence-corrected chi connectivity index (χ0v) is 74.7. The number of oxazole rings is 2. The van der Waals surface area contributed by atoms with Crippen LogP contribution in [-0.2, 0) is 45.4 Å². The second kappa shape index (κ2) is 42.1. The number of halogens is 8. The highest BCUT2D eigenvalue weighted by Crippen LogP contribution is 2.36. The molecular formula is C99H90F8N22O8. The summed E-state index contributed by atoms with van der Waals surface area (Å²) in [5.74, 6) is 5.16. The lowest BCUT2D eigenvalue weighted by molar-refractivity contribution is -0.133. The van der Waals surface area contributed by atoms with Crippen LogP contribution in [0.2, 0.25) is 0 Å². The molecule has 0 atom stereocenters. The fourth-order valence-electron chi connectivity index (χ4n) is 16.1. The summed E-state index contributed by atoms with van der Waals surface area (Å²) >= 11 is 0. The van der Waals surface area contributed by atoms with E-state index in [1.54, 1.807) is 129 Å². The molecule has 38 heteroatoms. The maximum atomic E-state index is 13.5. The third-order valence-corrected chi connectivity index (χ3v) is 23.7. The molecule has 4 amide bonds. The van der Waals surface area contributed by atoms with Gasteiger partial charge < -0.3 is 37.3 Å². The van der Waals surface area contributed by atoms with Crippen LogP contribution in [0.15, 0.2) is 237 Å². The first-order valence-corrected chi connectivity index (χ1v) is 44.5. The second-order valence-electron chi connectivity index (χ2n) is 33.5. The lowest BCUT2D eigenvalue weighted by atomic mass is 9.97. The Morgan fingerprint density at radius 2 is 0.642 bits per heavy atom. The topological polar surface area (TPSA) is 334 Å². The van der Waals surface area contributed by atoms with Crippen molar-refractivity contribution < 1.29 is 72.0 Å². The van der Waals surface area contributed by atoms with Crippen LogP contribution >= 0.6 is 0 Å². The number of aromatic nitrogens is 18. The Hall–Kier alpha value is -15.9. The third-order valence-electron chi connectivity index (χ3n) is 23.7. The van der Waals surface area contributed by atoms with E-state index in [1.807, 2.05) is 33.8 Å². The van der Waals surface area contributed by atoms with Gasteiger partial charge in [-0.05, 0) is 253 Å². The van der Waals surface area contributed by atoms with Crippen LogP contribution in [0.1, 0.15) is 123 Å². The van der Waals surface area contributed by atoms with E-state index in [0.717, 1.165) is 61.5 Å². The van der Waals surface area contributed by atoms with E-state index in [-0.39, 0.29) is 120 Å². The van der Waals surface area contributed by atoms with Gasteiger partial charge in [-0.3, -0.25) is 19.2 Å². The number of rotatable bonds is 21. The Bertz CT molecular complexity index is 6860. The van der Waals surface area contributed by atoms with E-state index in [0.29, 0.717) is 173 Å². The van der Waals surface area contributed by atoms with Gasteiger partial charge in [0.1, 0.15) is 84.2 Å². The molecule has 8 aromatic carbocycles. The number of carbonyl (C=O) groups excluding carboxylic acids is 4. The highest BCUT2D eigenvalue weighted by molar-refractivity contribution is 5.80. The van der Waals surface area contributed by atoms with Gasteiger partial charge in [0.15, 0.2) is 52.5 Å². The Balaban J connectivity index is 0.000000127. The Morgan fingerprint density at radius 3 is 0.912 bits per heavy atom. The van der Waals surface area contributed by atoms with E-state index in [4.69, 9.17) is 17.7 Å². The summed E-state index contributed by atoms with van der Waals surface area (Å²) in [4.78, 5) is 86.5. The van der Waals surface area contributed by atoms with Crippen molar-refractivity contribution in [2.75, 3.05) is 52.4 Å². The molecule has 4 aliphatic rings. The number of benzene rings is 8. The second-order valence-corrected chi connectivity index (χ2v) is 33.5. The SMILES string of the molecule is CC(C)c1nnc(C2CCN(C(=O)Cn3nc(-c4ccc(F)cc4)nc3-c3ccc(F)cc3)CC2)o1.Cc1cnc(C2=CCN(C(=O)Cn3nc(-c4ccc(F)cc4)nc3-c3ccc(F)cc3)CC2)o1.Cc1cnc(C2CCN(C(=O)Cn3nc(-c4ccc(F)cc4)nc3-c3ccc(F)cc3)CC2)o1.O=C(Cn1nc(-c2ccc(F)cc2)nc1-c1ccc(F)cc1)N1CCC(c2nnco2)CC1. The highest BCUT2D eigenvalue weighted by atomic mass is 19.2. The largest absolute Gasteiger partial charge is 0.446 e. The van der Waals surface area contributed by atoms with Crippen LogP contribution in [0.3, 0.4) is 0 Å². The standard InChI is InChI=1S/C26H26F2N6O2.C25H23F2N5O2.C25H21F2N5O2.C23H20F2N6O2/c1-16(2)25-30-31-26(36-25)19-11-13-33(14-12-19)22(35)15-34-24(18-5-9-21(28)10-6-18)29-23(32-34)17-3-7-20(27)8-4-17;2*1-16-14-28-25(34-16)19-10-12-31(13-11-19)22(33)15-32-24(18-4-8-21(27)9-5-18)29-23(30-32)17-2-6-20(26)7-3-17;24-18-5-1-15(2-6-18)21-27-22(16-3-7-19(25)8-4-16)31(29-21)13-20(32)30-11-9-17(10-12-30)23-28-26-14-33-23/h3-10,16,19H,11-15H2,1-2H3;2-9,14,19H,10-13,15H2,1H3;2-10,14H,11-13,15H2,1H3;1-8,14,17H,9-13H2. The van der Waals surface area contributed by atoms with Crippen molar-refractivity contribution in [2.45, 2.75) is 122 Å². The van der Waals surface area contributed by atoms with E-state index in [2.05, 4.69) is 70.7 Å². The fourth-order valence-corrected chi connectivity index (χ4v) is 16.1. The third kappa shape index (κ3) is 23.0. The van der Waals surface area contributed by atoms with Crippen molar-refractivity contribution in [3.8, 4) is 91.1 Å². The molecule has 0 N–H and O–H groups in total. The molecule has 700 valence electrons. The minimum atomic E-state index is -0.373. The van der Waals surface area contributed by atoms with E-state index in [9.17, 15) is 54.3 Å². The molecule has 8 aromatic heterocycles. The van der Waals surface area contributed by atoms with Gasteiger partial charge in [-0.1, -0.05) is 19.9 Å². The number of likely N-dealkylation sites (tertiary alicyclic amines) is 3. The summed E-state index contributed by atoms with van der Waals surface area (Å²) in [5.41, 5.74) is 5.95. The molecule has 12 heterocycles. The molecule has 0 saturated carbocycles. The quantitative estimate of drug-likeness (QED) is 0.0603. The lowest BCUT2D eigenvalue weighted by Gasteiger charge is -2.30. The number of nitrogens with zero attached hydrogens (tertiary/aromatic N) is 22. The summed E-state index contributed by atoms with van der Waals surface area (Å²) in [6.45, 7) is 12.0. The van der Waals surface area contributed by atoms with E-state index < -0.39 is 0 Å². The van der Waals surface area contributed by atoms with Crippen LogP contribution in [-0.4, -0.2) is 185 Å². The summed E-state index contributed by atoms with van der Waals surface area (Å²) in [6.07, 6.45) is 11.8. The average molecular weight is 1870 g/mol. The predicted molar refractivity (Wildman–Crippen MR) is 483 cm³/mol. The molecular weight excluding hydrogens is 1780 g/mol. The predicted octanol–water partition coefficient (Wildman–Crippen LogP) is 17.6. The number of hydrogen-bond acceptors (Lipinski definition) is 22. The molecule has 4 aliphatic heterocycles. The van der Waals surface area contributed by atoms with Gasteiger partial charge in [0.25, 0.3) is 0 Å². The summed E-state index contributed by atoms with van der Waals surface area (Å²) in [5, 5.41) is 34.1. The van der Waals surface area contributed by atoms with Gasteiger partial charge in [-0.15, -0.1) is 40.8 Å². The summed E-state index contributed by atoms with van der Waals surface area (Å²) in [6, 6.07) is 46.6.